The first-order valence-corrected chi connectivity index (χ1v) is 11.4. The molecule has 0 fully saturated rings. The van der Waals surface area contributed by atoms with Gasteiger partial charge in [0.2, 0.25) is 5.78 Å². The summed E-state index contributed by atoms with van der Waals surface area (Å²) in [5.74, 6) is 0.754. The maximum absolute atomic E-state index is 13.6. The zero-order chi connectivity index (χ0) is 25.4. The van der Waals surface area contributed by atoms with E-state index in [9.17, 15) is 14.4 Å². The average Bonchev–Trinajstić information content (AvgIpc) is 3.45. The number of methoxy groups -OCH3 is 2. The van der Waals surface area contributed by atoms with Gasteiger partial charge in [0, 0.05) is 11.1 Å². The first-order valence-electron chi connectivity index (χ1n) is 11.4. The summed E-state index contributed by atoms with van der Waals surface area (Å²) >= 11 is 0. The van der Waals surface area contributed by atoms with Crippen LogP contribution in [-0.2, 0) is 6.54 Å². The number of aromatic nitrogens is 2. The van der Waals surface area contributed by atoms with Crippen LogP contribution in [0.3, 0.4) is 0 Å². The second-order valence-corrected chi connectivity index (χ2v) is 8.44. The summed E-state index contributed by atoms with van der Waals surface area (Å²) in [6.45, 7) is 1.47. The Morgan fingerprint density at radius 3 is 1.86 bits per heavy atom. The number of carbonyl (C=O) groups excluding carboxylic acids is 3. The monoisotopic (exact) mass is 480 g/mol. The van der Waals surface area contributed by atoms with Crippen molar-refractivity contribution < 1.29 is 23.9 Å². The third-order valence-electron chi connectivity index (χ3n) is 6.32. The van der Waals surface area contributed by atoms with Crippen molar-refractivity contribution in [2.75, 3.05) is 14.2 Å². The number of nitrogens with zero attached hydrogens (tertiary/aromatic N) is 2. The smallest absolute Gasteiger partial charge is 0.209 e. The Hall–Kier alpha value is -4.65. The van der Waals surface area contributed by atoms with Gasteiger partial charge in [-0.2, -0.15) is 0 Å². The van der Waals surface area contributed by atoms with Crippen molar-refractivity contribution in [1.29, 1.82) is 0 Å². The van der Waals surface area contributed by atoms with Gasteiger partial charge >= 0.3 is 0 Å². The fourth-order valence-corrected chi connectivity index (χ4v) is 4.49. The molecule has 0 unspecified atom stereocenters. The number of hydrogen-bond donors (Lipinski definition) is 0. The van der Waals surface area contributed by atoms with Gasteiger partial charge in [-0.15, -0.1) is 0 Å². The van der Waals surface area contributed by atoms with E-state index in [1.54, 1.807) is 73.2 Å². The van der Waals surface area contributed by atoms with Crippen molar-refractivity contribution >= 4 is 34.0 Å². The molecule has 0 amide bonds. The Bertz CT molecular complexity index is 1620. The highest BCUT2D eigenvalue weighted by Gasteiger charge is 2.26. The molecule has 2 heterocycles. The maximum atomic E-state index is 13.6. The second kappa shape index (κ2) is 9.19. The third kappa shape index (κ3) is 3.84. The summed E-state index contributed by atoms with van der Waals surface area (Å²) in [7, 11) is 3.13. The predicted octanol–water partition coefficient (Wildman–Crippen LogP) is 5.23. The third-order valence-corrected chi connectivity index (χ3v) is 6.32. The van der Waals surface area contributed by atoms with E-state index in [4.69, 9.17) is 9.47 Å². The first-order chi connectivity index (χ1) is 17.4. The molecular weight excluding hydrogens is 456 g/mol. The van der Waals surface area contributed by atoms with Crippen molar-refractivity contribution in [2.24, 2.45) is 0 Å². The molecule has 0 atom stereocenters. The molecule has 0 aliphatic rings. The minimum Gasteiger partial charge on any atom is -0.497 e. The van der Waals surface area contributed by atoms with Crippen molar-refractivity contribution in [1.82, 2.24) is 8.97 Å². The normalized spacial score (nSPS) is 11.1. The molecule has 36 heavy (non-hydrogen) atoms. The lowest BCUT2D eigenvalue weighted by Gasteiger charge is -2.07. The number of hydrogen-bond acceptors (Lipinski definition) is 5. The van der Waals surface area contributed by atoms with Crippen LogP contribution in [0.25, 0.3) is 16.7 Å². The van der Waals surface area contributed by atoms with Gasteiger partial charge in [0.1, 0.15) is 17.1 Å². The fourth-order valence-electron chi connectivity index (χ4n) is 4.49. The number of ether oxygens (including phenoxy) is 2. The molecule has 0 saturated carbocycles. The molecule has 3 aromatic carbocycles. The van der Waals surface area contributed by atoms with Crippen molar-refractivity contribution in [2.45, 2.75) is 13.5 Å². The number of Topliss-reactive ketones (excluding diaryl/α,β-unsaturated/α-hetero) is 2. The second-order valence-electron chi connectivity index (χ2n) is 8.44. The Morgan fingerprint density at radius 2 is 1.31 bits per heavy atom. The van der Waals surface area contributed by atoms with E-state index >= 15 is 0 Å². The number of rotatable bonds is 8. The summed E-state index contributed by atoms with van der Waals surface area (Å²) in [5, 5.41) is 0. The summed E-state index contributed by atoms with van der Waals surface area (Å²) in [6, 6.07) is 22.9. The molecule has 7 heteroatoms. The van der Waals surface area contributed by atoms with E-state index in [0.717, 1.165) is 11.0 Å². The summed E-state index contributed by atoms with van der Waals surface area (Å²) < 4.78 is 14.0. The Kier molecular flexibility index (Phi) is 5.90. The van der Waals surface area contributed by atoms with Gasteiger partial charge in [-0.05, 0) is 73.7 Å². The lowest BCUT2D eigenvalue weighted by Crippen LogP contribution is -2.11. The molecule has 7 nitrogen and oxygen atoms in total. The molecule has 0 N–H and O–H groups in total. The van der Waals surface area contributed by atoms with Crippen LogP contribution in [0.1, 0.15) is 43.7 Å². The van der Waals surface area contributed by atoms with Crippen LogP contribution < -0.4 is 9.47 Å². The van der Waals surface area contributed by atoms with E-state index in [1.807, 2.05) is 28.8 Å². The lowest BCUT2D eigenvalue weighted by molar-refractivity contribution is 0.0970. The molecular formula is C29H24N2O5. The van der Waals surface area contributed by atoms with Crippen molar-refractivity contribution in [3.05, 3.63) is 101 Å². The highest BCUT2D eigenvalue weighted by atomic mass is 16.5. The lowest BCUT2D eigenvalue weighted by atomic mass is 10.1. The number of carbonyl (C=O) groups is 3. The Balaban J connectivity index is 1.68. The van der Waals surface area contributed by atoms with E-state index in [2.05, 4.69) is 0 Å². The molecule has 5 aromatic rings. The maximum Gasteiger partial charge on any atom is 0.209 e. The summed E-state index contributed by atoms with van der Waals surface area (Å²) in [5.41, 5.74) is 3.73. The number of fused-ring (bicyclic) bond motifs is 3. The van der Waals surface area contributed by atoms with E-state index in [1.165, 1.54) is 6.92 Å². The number of para-hydroxylation sites is 2. The summed E-state index contributed by atoms with van der Waals surface area (Å²) in [4.78, 5) is 39.6. The van der Waals surface area contributed by atoms with Gasteiger partial charge in [0.15, 0.2) is 11.6 Å². The quantitative estimate of drug-likeness (QED) is 0.284. The molecule has 2 aromatic heterocycles. The zero-order valence-corrected chi connectivity index (χ0v) is 20.1. The van der Waals surface area contributed by atoms with Crippen LogP contribution in [0, 0.1) is 0 Å². The van der Waals surface area contributed by atoms with Crippen LogP contribution in [0.2, 0.25) is 0 Å². The van der Waals surface area contributed by atoms with Gasteiger partial charge in [-0.25, -0.2) is 0 Å². The zero-order valence-electron chi connectivity index (χ0n) is 20.1. The standard InChI is InChI=1S/C29H24N2O5/c1-18(32)23-16-26(28(34)20-10-14-22(36-3)15-11-20)31-25-7-5-4-6-24(25)30(29(23)31)17-27(33)19-8-12-21(35-2)13-9-19/h4-16H,17H2,1-3H3. The minimum atomic E-state index is -0.232. The predicted molar refractivity (Wildman–Crippen MR) is 137 cm³/mol. The topological polar surface area (TPSA) is 79.0 Å². The highest BCUT2D eigenvalue weighted by molar-refractivity contribution is 6.13. The Morgan fingerprint density at radius 1 is 0.750 bits per heavy atom. The van der Waals surface area contributed by atoms with Gasteiger partial charge in [-0.3, -0.25) is 18.8 Å². The molecule has 0 spiro atoms. The SMILES string of the molecule is COc1ccc(C(=O)Cn2c3ccccc3n3c(C(=O)c4ccc(OC)cc4)cc(C(C)=O)c23)cc1. The average molecular weight is 481 g/mol. The molecule has 0 aliphatic heterocycles. The van der Waals surface area contributed by atoms with E-state index in [-0.39, 0.29) is 23.9 Å². The number of ketones is 3. The number of imidazole rings is 1. The molecule has 0 bridgehead atoms. The van der Waals surface area contributed by atoms with E-state index in [0.29, 0.717) is 39.5 Å². The number of benzene rings is 3. The summed E-state index contributed by atoms with van der Waals surface area (Å²) in [6.07, 6.45) is 0. The molecule has 180 valence electrons. The van der Waals surface area contributed by atoms with Gasteiger partial charge in [0.05, 0.1) is 43.1 Å². The molecule has 0 aliphatic carbocycles. The van der Waals surface area contributed by atoms with Crippen LogP contribution in [0.15, 0.2) is 78.9 Å². The minimum absolute atomic E-state index is 0.00377. The van der Waals surface area contributed by atoms with Crippen LogP contribution in [-0.4, -0.2) is 40.5 Å². The van der Waals surface area contributed by atoms with Gasteiger partial charge < -0.3 is 14.0 Å². The van der Waals surface area contributed by atoms with Gasteiger partial charge in [0.25, 0.3) is 0 Å². The molecule has 0 saturated heterocycles. The van der Waals surface area contributed by atoms with Crippen molar-refractivity contribution in [3.8, 4) is 11.5 Å². The fraction of sp³-hybridized carbons (Fsp3) is 0.138. The van der Waals surface area contributed by atoms with Gasteiger partial charge in [-0.1, -0.05) is 12.1 Å². The largest absolute Gasteiger partial charge is 0.497 e. The van der Waals surface area contributed by atoms with Crippen LogP contribution in [0.5, 0.6) is 11.5 Å². The van der Waals surface area contributed by atoms with E-state index < -0.39 is 0 Å². The molecule has 0 radical (unpaired) electrons. The molecule has 5 rings (SSSR count). The Labute approximate surface area is 207 Å². The van der Waals surface area contributed by atoms with Crippen LogP contribution in [0.4, 0.5) is 0 Å². The first kappa shape index (κ1) is 23.1. The van der Waals surface area contributed by atoms with Crippen molar-refractivity contribution in [3.63, 3.8) is 0 Å². The van der Waals surface area contributed by atoms with Crippen LogP contribution >= 0.6 is 0 Å². The highest BCUT2D eigenvalue weighted by Crippen LogP contribution is 2.30.